The van der Waals surface area contributed by atoms with Gasteiger partial charge in [-0.1, -0.05) is 0 Å². The highest BCUT2D eigenvalue weighted by molar-refractivity contribution is 14.2. The van der Waals surface area contributed by atoms with Crippen molar-refractivity contribution in [3.8, 4) is 5.88 Å². The van der Waals surface area contributed by atoms with Crippen molar-refractivity contribution in [2.75, 3.05) is 7.11 Å². The molecule has 2 aromatic heterocycles. The number of pyridine rings is 1. The molecular weight excluding hydrogens is 392 g/mol. The van der Waals surface area contributed by atoms with Gasteiger partial charge in [0.05, 0.1) is 29.2 Å². The highest BCUT2D eigenvalue weighted by Crippen LogP contribution is 2.33. The molecule has 80 valence electrons. The number of halogens is 2. The Kier molecular flexibility index (Phi) is 3.47. The van der Waals surface area contributed by atoms with Crippen LogP contribution in [0.25, 0.3) is 11.0 Å². The second-order valence-corrected chi connectivity index (χ2v) is 5.82. The summed E-state index contributed by atoms with van der Waals surface area (Å²) >= 11 is 5.72. The Bertz CT molecular complexity index is 516. The molecule has 0 aliphatic rings. The average molecular weight is 400 g/mol. The van der Waals surface area contributed by atoms with Gasteiger partial charge in [-0.25, -0.2) is 9.44 Å². The summed E-state index contributed by atoms with van der Waals surface area (Å²) in [6.07, 6.45) is 0.572. The van der Waals surface area contributed by atoms with Crippen LogP contribution in [0, 0.1) is 6.92 Å². The van der Waals surface area contributed by atoms with Crippen LogP contribution in [0.15, 0.2) is 10.5 Å². The number of rotatable bonds is 2. The molecule has 2 aromatic rings. The molecule has 0 aliphatic carbocycles. The zero-order valence-corrected chi connectivity index (χ0v) is 12.8. The van der Waals surface area contributed by atoms with Crippen LogP contribution in [-0.4, -0.2) is 21.6 Å². The first-order valence-corrected chi connectivity index (χ1v) is 8.99. The van der Waals surface area contributed by atoms with Gasteiger partial charge in [0.15, 0.2) is 0 Å². The molecule has 0 aliphatic heterocycles. The molecule has 0 aromatic carbocycles. The maximum Gasteiger partial charge on any atom is 0.228 e. The number of fused-ring (bicyclic) bond motifs is 1. The van der Waals surface area contributed by atoms with Gasteiger partial charge in [-0.3, -0.25) is 0 Å². The summed E-state index contributed by atoms with van der Waals surface area (Å²) in [7, 11) is 1.61. The summed E-state index contributed by atoms with van der Waals surface area (Å²) in [4.78, 5) is 4.41. The van der Waals surface area contributed by atoms with Gasteiger partial charge in [0.2, 0.25) is 5.88 Å². The van der Waals surface area contributed by atoms with Crippen LogP contribution in [-0.2, 0) is 0 Å². The Hall–Kier alpha value is 0.0600. The summed E-state index contributed by atoms with van der Waals surface area (Å²) in [5.74, 6) is 0.599. The predicted octanol–water partition coefficient (Wildman–Crippen LogP) is 3.30. The lowest BCUT2D eigenvalue weighted by Gasteiger charge is -2.02. The minimum atomic E-state index is 0.572. The zero-order valence-electron chi connectivity index (χ0n) is 8.08. The lowest BCUT2D eigenvalue weighted by Crippen LogP contribution is -1.90. The van der Waals surface area contributed by atoms with Gasteiger partial charge in [-0.05, 0) is 51.0 Å². The first kappa shape index (κ1) is 11.5. The molecule has 0 radical (unpaired) electrons. The van der Waals surface area contributed by atoms with E-state index in [1.54, 1.807) is 7.11 Å². The summed E-state index contributed by atoms with van der Waals surface area (Å²) in [5.41, 5.74) is 2.87. The van der Waals surface area contributed by atoms with Crippen molar-refractivity contribution in [2.45, 2.75) is 6.92 Å². The van der Waals surface area contributed by atoms with Crippen molar-refractivity contribution in [3.05, 3.63) is 16.2 Å². The number of methoxy groups -OCH3 is 1. The van der Waals surface area contributed by atoms with E-state index in [9.17, 15) is 0 Å². The Morgan fingerprint density at radius 2 is 2.33 bits per heavy atom. The van der Waals surface area contributed by atoms with E-state index in [1.165, 1.54) is 0 Å². The maximum absolute atomic E-state index is 5.16. The van der Waals surface area contributed by atoms with Gasteiger partial charge in [-0.15, -0.1) is 0 Å². The fraction of sp³-hybridized carbons (Fsp3) is 0.250. The van der Waals surface area contributed by atoms with E-state index in [0.29, 0.717) is 12.3 Å². The molecule has 0 N–H and O–H groups in total. The van der Waals surface area contributed by atoms with E-state index in [4.69, 9.17) is 4.74 Å². The first-order chi connectivity index (χ1) is 7.17. The molecule has 0 saturated carbocycles. The Balaban J connectivity index is 2.77. The lowest BCUT2D eigenvalue weighted by molar-refractivity contribution is 0.397. The Morgan fingerprint density at radius 3 is 2.93 bits per heavy atom. The largest absolute Gasteiger partial charge is 0.480 e. The van der Waals surface area contributed by atoms with Crippen molar-refractivity contribution in [1.82, 2.24) is 14.5 Å². The molecule has 2 rings (SSSR count). The smallest absolute Gasteiger partial charge is 0.228 e. The summed E-state index contributed by atoms with van der Waals surface area (Å²) < 4.78 is 7.96. The van der Waals surface area contributed by atoms with E-state index >= 15 is 0 Å². The van der Waals surface area contributed by atoms with Crippen molar-refractivity contribution in [1.29, 1.82) is 0 Å². The van der Waals surface area contributed by atoms with Crippen LogP contribution in [0.5, 0.6) is 5.88 Å². The molecule has 0 amide bonds. The van der Waals surface area contributed by atoms with Crippen LogP contribution in [0.3, 0.4) is 0 Å². The van der Waals surface area contributed by atoms with Crippen molar-refractivity contribution >= 4 is 55.4 Å². The van der Waals surface area contributed by atoms with E-state index in [-0.39, 0.29) is 0 Å². The van der Waals surface area contributed by atoms with Crippen LogP contribution in [0.4, 0.5) is 0 Å². The number of aromatic nitrogens is 3. The molecule has 1 unspecified atom stereocenters. The summed E-state index contributed by atoms with van der Waals surface area (Å²) in [6, 6.07) is 1.99. The van der Waals surface area contributed by atoms with Crippen molar-refractivity contribution in [2.24, 2.45) is 0 Å². The van der Waals surface area contributed by atoms with E-state index in [0.717, 1.165) is 21.2 Å². The van der Waals surface area contributed by atoms with Gasteiger partial charge in [-0.2, -0.15) is 5.10 Å². The minimum Gasteiger partial charge on any atom is -0.480 e. The number of ether oxygens (including phenoxy) is 1. The number of hydrogen-bond acceptors (Lipinski definition) is 3. The summed E-state index contributed by atoms with van der Waals surface area (Å²) in [5, 5.41) is 4.41. The summed E-state index contributed by atoms with van der Waals surface area (Å²) in [6.45, 7) is 1.95. The monoisotopic (exact) mass is 399 g/mol. The number of aryl methyl sites for hydroxylation is 1. The molecule has 0 spiro atoms. The van der Waals surface area contributed by atoms with Gasteiger partial charge in [0.1, 0.15) is 5.52 Å². The van der Waals surface area contributed by atoms with E-state index < -0.39 is 0 Å². The quantitative estimate of drug-likeness (QED) is 0.574. The second-order valence-electron chi connectivity index (χ2n) is 2.93. The van der Waals surface area contributed by atoms with Crippen LogP contribution in [0.1, 0.15) is 5.69 Å². The first-order valence-electron chi connectivity index (χ1n) is 4.14. The van der Waals surface area contributed by atoms with Crippen molar-refractivity contribution < 1.29 is 4.74 Å². The van der Waals surface area contributed by atoms with Crippen LogP contribution in [0.2, 0.25) is 0 Å². The van der Waals surface area contributed by atoms with Gasteiger partial charge in [0.25, 0.3) is 0 Å². The molecule has 0 fully saturated rings. The normalized spacial score (nSPS) is 11.7. The van der Waals surface area contributed by atoms with Crippen molar-refractivity contribution in [3.63, 3.8) is 0 Å². The van der Waals surface area contributed by atoms with Crippen LogP contribution >= 0.6 is 44.3 Å². The molecule has 7 heteroatoms. The highest BCUT2D eigenvalue weighted by atomic mass is 127. The van der Waals surface area contributed by atoms with E-state index in [2.05, 4.69) is 48.1 Å². The predicted molar refractivity (Wildman–Crippen MR) is 74.2 cm³/mol. The number of nitrogens with zero attached hydrogens (tertiary/aromatic N) is 3. The van der Waals surface area contributed by atoms with E-state index in [1.807, 2.05) is 17.4 Å². The van der Waals surface area contributed by atoms with Gasteiger partial charge in [0, 0.05) is 0 Å². The third-order valence-electron chi connectivity index (χ3n) is 2.02. The van der Waals surface area contributed by atoms with Crippen LogP contribution < -0.4 is 4.74 Å². The molecular formula is C8H8BrIN3OP. The molecule has 1 atom stereocenters. The third-order valence-corrected chi connectivity index (χ3v) is 4.46. The van der Waals surface area contributed by atoms with Gasteiger partial charge >= 0.3 is 0 Å². The molecule has 15 heavy (non-hydrogen) atoms. The standard InChI is InChI=1S/C8H8BrIN3OP/c1-4-7-6(13(12-4)15-10)3-5(9)8(11-7)14-2/h3,15H,1-2H3. The average Bonchev–Trinajstić information content (AvgIpc) is 2.54. The highest BCUT2D eigenvalue weighted by Gasteiger charge is 2.12. The maximum atomic E-state index is 5.16. The molecule has 4 nitrogen and oxygen atoms in total. The lowest BCUT2D eigenvalue weighted by atomic mass is 10.3. The topological polar surface area (TPSA) is 39.9 Å². The fourth-order valence-electron chi connectivity index (χ4n) is 1.35. The molecule has 2 heterocycles. The molecule has 0 bridgehead atoms. The third kappa shape index (κ3) is 1.99. The Morgan fingerprint density at radius 1 is 1.60 bits per heavy atom. The SMILES string of the molecule is COc1nc2c(C)nn(PI)c2cc1Br. The Labute approximate surface area is 110 Å². The van der Waals surface area contributed by atoms with Gasteiger partial charge < -0.3 is 4.74 Å². The number of hydrogen-bond donors (Lipinski definition) is 0. The second kappa shape index (κ2) is 4.51. The minimum absolute atomic E-state index is 0.572. The molecule has 0 saturated heterocycles. The zero-order chi connectivity index (χ0) is 11.0. The fourth-order valence-corrected chi connectivity index (χ4v) is 3.37.